The van der Waals surface area contributed by atoms with Crippen LogP contribution >= 0.6 is 0 Å². The molecule has 0 spiro atoms. The molecule has 1 heterocycles. The van der Waals surface area contributed by atoms with E-state index in [4.69, 9.17) is 4.74 Å². The summed E-state index contributed by atoms with van der Waals surface area (Å²) in [6, 6.07) is 1.09. The summed E-state index contributed by atoms with van der Waals surface area (Å²) in [5.74, 6) is -0.477. The van der Waals surface area contributed by atoms with Gasteiger partial charge in [0.1, 0.15) is 11.6 Å². The minimum Gasteiger partial charge on any atom is -0.383 e. The van der Waals surface area contributed by atoms with Crippen molar-refractivity contribution in [2.75, 3.05) is 25.6 Å². The number of nitrogens with one attached hydrogen (secondary N) is 2. The Morgan fingerprint density at radius 1 is 1.50 bits per heavy atom. The average Bonchev–Trinajstić information content (AvgIpc) is 2.45. The average molecular weight is 283 g/mol. The van der Waals surface area contributed by atoms with E-state index in [-0.39, 0.29) is 17.5 Å². The minimum atomic E-state index is -0.531. The van der Waals surface area contributed by atoms with Crippen LogP contribution in [0.1, 0.15) is 37.0 Å². The normalized spacial score (nSPS) is 12.0. The molecule has 0 aliphatic rings. The SMILES string of the molecule is CCCNc1ncc(F)cc1C(=O)NC(CC)COC. The fourth-order valence-corrected chi connectivity index (χ4v) is 1.72. The second kappa shape index (κ2) is 8.47. The molecule has 0 aliphatic carbocycles. The number of pyridine rings is 1. The van der Waals surface area contributed by atoms with Crippen LogP contribution in [0.4, 0.5) is 10.2 Å². The Kier molecular flexibility index (Phi) is 6.93. The smallest absolute Gasteiger partial charge is 0.255 e. The molecule has 0 bridgehead atoms. The molecule has 0 saturated carbocycles. The molecule has 0 aromatic carbocycles. The molecule has 0 radical (unpaired) electrons. The van der Waals surface area contributed by atoms with Gasteiger partial charge < -0.3 is 15.4 Å². The largest absolute Gasteiger partial charge is 0.383 e. The predicted molar refractivity (Wildman–Crippen MR) is 76.4 cm³/mol. The number of carbonyl (C=O) groups excluding carboxylic acids is 1. The van der Waals surface area contributed by atoms with Gasteiger partial charge in [0.15, 0.2) is 0 Å². The van der Waals surface area contributed by atoms with E-state index in [1.165, 1.54) is 6.07 Å². The monoisotopic (exact) mass is 283 g/mol. The van der Waals surface area contributed by atoms with Gasteiger partial charge in [-0.05, 0) is 18.9 Å². The van der Waals surface area contributed by atoms with Crippen LogP contribution in [0.5, 0.6) is 0 Å². The number of rotatable bonds is 8. The Hall–Kier alpha value is -1.69. The number of carbonyl (C=O) groups is 1. The van der Waals surface area contributed by atoms with E-state index in [2.05, 4.69) is 15.6 Å². The molecular weight excluding hydrogens is 261 g/mol. The first-order chi connectivity index (χ1) is 9.62. The lowest BCUT2D eigenvalue weighted by Crippen LogP contribution is -2.38. The number of anilines is 1. The van der Waals surface area contributed by atoms with E-state index >= 15 is 0 Å². The fourth-order valence-electron chi connectivity index (χ4n) is 1.72. The Morgan fingerprint density at radius 3 is 2.85 bits per heavy atom. The zero-order chi connectivity index (χ0) is 15.0. The summed E-state index contributed by atoms with van der Waals surface area (Å²) < 4.78 is 18.3. The van der Waals surface area contributed by atoms with Crippen LogP contribution in [0.3, 0.4) is 0 Å². The van der Waals surface area contributed by atoms with E-state index in [9.17, 15) is 9.18 Å². The quantitative estimate of drug-likeness (QED) is 0.767. The standard InChI is InChI=1S/C14H22FN3O2/c1-4-6-16-13-12(7-10(15)8-17-13)14(19)18-11(5-2)9-20-3/h7-8,11H,4-6,9H2,1-3H3,(H,16,17)(H,18,19). The highest BCUT2D eigenvalue weighted by Gasteiger charge is 2.17. The summed E-state index contributed by atoms with van der Waals surface area (Å²) in [6.07, 6.45) is 2.72. The molecule has 1 atom stereocenters. The predicted octanol–water partition coefficient (Wildman–Crippen LogP) is 2.20. The van der Waals surface area contributed by atoms with Gasteiger partial charge in [0.2, 0.25) is 0 Å². The number of halogens is 1. The van der Waals surface area contributed by atoms with Crippen molar-refractivity contribution in [3.05, 3.63) is 23.6 Å². The second-order valence-corrected chi connectivity index (χ2v) is 4.51. The van der Waals surface area contributed by atoms with Crippen LogP contribution < -0.4 is 10.6 Å². The van der Waals surface area contributed by atoms with Gasteiger partial charge in [-0.3, -0.25) is 4.79 Å². The summed E-state index contributed by atoms with van der Waals surface area (Å²) in [6.45, 7) is 5.04. The molecule has 1 aromatic rings. The maximum atomic E-state index is 13.3. The second-order valence-electron chi connectivity index (χ2n) is 4.51. The van der Waals surface area contributed by atoms with Gasteiger partial charge in [-0.15, -0.1) is 0 Å². The number of hydrogen-bond donors (Lipinski definition) is 2. The highest BCUT2D eigenvalue weighted by Crippen LogP contribution is 2.14. The first-order valence-electron chi connectivity index (χ1n) is 6.81. The molecule has 112 valence electrons. The van der Waals surface area contributed by atoms with E-state index in [1.807, 2.05) is 13.8 Å². The Labute approximate surface area is 118 Å². The Morgan fingerprint density at radius 2 is 2.25 bits per heavy atom. The van der Waals surface area contributed by atoms with Crippen LogP contribution in [0.15, 0.2) is 12.3 Å². The van der Waals surface area contributed by atoms with Crippen molar-refractivity contribution >= 4 is 11.7 Å². The lowest BCUT2D eigenvalue weighted by atomic mass is 10.2. The summed E-state index contributed by atoms with van der Waals surface area (Å²) >= 11 is 0. The lowest BCUT2D eigenvalue weighted by molar-refractivity contribution is 0.0894. The molecule has 1 rings (SSSR count). The zero-order valence-corrected chi connectivity index (χ0v) is 12.2. The third-order valence-electron chi connectivity index (χ3n) is 2.84. The molecule has 0 aliphatic heterocycles. The van der Waals surface area contributed by atoms with Gasteiger partial charge in [-0.2, -0.15) is 0 Å². The summed E-state index contributed by atoms with van der Waals surface area (Å²) in [5.41, 5.74) is 0.216. The highest BCUT2D eigenvalue weighted by molar-refractivity contribution is 5.98. The van der Waals surface area contributed by atoms with E-state index in [0.717, 1.165) is 19.0 Å². The number of ether oxygens (including phenoxy) is 1. The van der Waals surface area contributed by atoms with Gasteiger partial charge in [-0.25, -0.2) is 9.37 Å². The number of aromatic nitrogens is 1. The Balaban J connectivity index is 2.86. The van der Waals surface area contributed by atoms with Gasteiger partial charge >= 0.3 is 0 Å². The molecule has 5 nitrogen and oxygen atoms in total. The maximum absolute atomic E-state index is 13.3. The van der Waals surface area contributed by atoms with Crippen LogP contribution in [0.2, 0.25) is 0 Å². The van der Waals surface area contributed by atoms with Crippen molar-refractivity contribution in [2.45, 2.75) is 32.7 Å². The van der Waals surface area contributed by atoms with Crippen LogP contribution in [0, 0.1) is 5.82 Å². The van der Waals surface area contributed by atoms with E-state index in [1.54, 1.807) is 7.11 Å². The summed E-state index contributed by atoms with van der Waals surface area (Å²) in [7, 11) is 1.58. The highest BCUT2D eigenvalue weighted by atomic mass is 19.1. The molecular formula is C14H22FN3O2. The molecule has 2 N–H and O–H groups in total. The topological polar surface area (TPSA) is 63.2 Å². The van der Waals surface area contributed by atoms with Crippen molar-refractivity contribution in [1.82, 2.24) is 10.3 Å². The van der Waals surface area contributed by atoms with Crippen molar-refractivity contribution in [3.8, 4) is 0 Å². The third-order valence-corrected chi connectivity index (χ3v) is 2.84. The first-order valence-corrected chi connectivity index (χ1v) is 6.81. The van der Waals surface area contributed by atoms with Gasteiger partial charge in [0.25, 0.3) is 5.91 Å². The minimum absolute atomic E-state index is 0.102. The molecule has 1 unspecified atom stereocenters. The van der Waals surface area contributed by atoms with Crippen LogP contribution in [-0.2, 0) is 4.74 Å². The van der Waals surface area contributed by atoms with Gasteiger partial charge in [0, 0.05) is 13.7 Å². The summed E-state index contributed by atoms with van der Waals surface area (Å²) in [4.78, 5) is 16.1. The van der Waals surface area contributed by atoms with E-state index in [0.29, 0.717) is 19.0 Å². The van der Waals surface area contributed by atoms with Crippen molar-refractivity contribution in [1.29, 1.82) is 0 Å². The number of amides is 1. The Bertz CT molecular complexity index is 440. The molecule has 1 amide bonds. The fraction of sp³-hybridized carbons (Fsp3) is 0.571. The zero-order valence-electron chi connectivity index (χ0n) is 12.2. The van der Waals surface area contributed by atoms with E-state index < -0.39 is 5.82 Å². The van der Waals surface area contributed by atoms with Crippen molar-refractivity contribution in [2.24, 2.45) is 0 Å². The van der Waals surface area contributed by atoms with Gasteiger partial charge in [-0.1, -0.05) is 13.8 Å². The molecule has 0 saturated heterocycles. The number of nitrogens with zero attached hydrogens (tertiary/aromatic N) is 1. The third kappa shape index (κ3) is 4.77. The van der Waals surface area contributed by atoms with Crippen molar-refractivity contribution < 1.29 is 13.9 Å². The molecule has 20 heavy (non-hydrogen) atoms. The van der Waals surface area contributed by atoms with Gasteiger partial charge in [0.05, 0.1) is 24.4 Å². The van der Waals surface area contributed by atoms with Crippen LogP contribution in [-0.4, -0.2) is 37.2 Å². The molecule has 6 heteroatoms. The summed E-state index contributed by atoms with van der Waals surface area (Å²) in [5, 5.41) is 5.84. The van der Waals surface area contributed by atoms with Crippen molar-refractivity contribution in [3.63, 3.8) is 0 Å². The number of hydrogen-bond acceptors (Lipinski definition) is 4. The molecule has 0 fully saturated rings. The first kappa shape index (κ1) is 16.4. The maximum Gasteiger partial charge on any atom is 0.255 e. The lowest BCUT2D eigenvalue weighted by Gasteiger charge is -2.17. The van der Waals surface area contributed by atoms with Crippen LogP contribution in [0.25, 0.3) is 0 Å². The number of methoxy groups -OCH3 is 1. The molecule has 1 aromatic heterocycles.